The Balaban J connectivity index is 0.00000456. The van der Waals surface area contributed by atoms with Crippen LogP contribution >= 0.6 is 48.6 Å². The van der Waals surface area contributed by atoms with Crippen LogP contribution in [-0.2, 0) is 60.1 Å². The van der Waals surface area contributed by atoms with E-state index in [1.165, 1.54) is 54.0 Å². The number of carbonyl (C=O) groups excluding carboxylic acids is 5. The van der Waals surface area contributed by atoms with Crippen LogP contribution in [0.4, 0.5) is 41.2 Å². The van der Waals surface area contributed by atoms with E-state index >= 15 is 0 Å². The van der Waals surface area contributed by atoms with Crippen LogP contribution in [0.5, 0.6) is 0 Å². The van der Waals surface area contributed by atoms with E-state index in [2.05, 4.69) is 38.2 Å². The molecule has 0 radical (unpaired) electrons. The van der Waals surface area contributed by atoms with Gasteiger partial charge in [0.15, 0.2) is 0 Å². The molecule has 1 spiro atoms. The highest BCUT2D eigenvalue weighted by Crippen LogP contribution is 2.49. The Bertz CT molecular complexity index is 3790. The third-order valence-corrected chi connectivity index (χ3v) is 21.9. The molecule has 0 bridgehead atoms. The van der Waals surface area contributed by atoms with Crippen LogP contribution in [0.2, 0.25) is 0 Å². The Hall–Kier alpha value is -6.87. The fourth-order valence-corrected chi connectivity index (χ4v) is 15.7. The van der Waals surface area contributed by atoms with Crippen molar-refractivity contribution in [1.29, 1.82) is 0 Å². The topological polar surface area (TPSA) is 148 Å². The average molecular weight is 1530 g/mol. The summed E-state index contributed by atoms with van der Waals surface area (Å²) in [7, 11) is 5.40. The number of benzene rings is 5. The molecule has 5 amide bonds. The van der Waals surface area contributed by atoms with Gasteiger partial charge in [0, 0.05) is 108 Å². The van der Waals surface area contributed by atoms with Crippen molar-refractivity contribution < 1.29 is 68.9 Å². The van der Waals surface area contributed by atoms with Gasteiger partial charge in [-0.1, -0.05) is 91.3 Å². The summed E-state index contributed by atoms with van der Waals surface area (Å²) in [4.78, 5) is 82.5. The zero-order valence-corrected chi connectivity index (χ0v) is 62.2. The lowest BCUT2D eigenvalue weighted by molar-refractivity contribution is -0.143. The molecule has 3 aliphatic heterocycles. The molecule has 2 aliphatic carbocycles. The third-order valence-electron chi connectivity index (χ3n) is 20.8. The van der Waals surface area contributed by atoms with Gasteiger partial charge in [0.25, 0.3) is 11.8 Å². The van der Waals surface area contributed by atoms with Crippen LogP contribution in [0.15, 0.2) is 133 Å². The van der Waals surface area contributed by atoms with Crippen molar-refractivity contribution in [1.82, 2.24) is 34.3 Å². The van der Waals surface area contributed by atoms with E-state index in [9.17, 15) is 54.7 Å². The molecule has 6 aromatic rings. The van der Waals surface area contributed by atoms with Crippen molar-refractivity contribution in [3.63, 3.8) is 0 Å². The van der Waals surface area contributed by atoms with Crippen molar-refractivity contribution in [2.24, 2.45) is 5.92 Å². The fraction of sp³-hybridized carbons (Fsp3) is 0.494. The van der Waals surface area contributed by atoms with Crippen molar-refractivity contribution in [3.8, 4) is 11.1 Å². The van der Waals surface area contributed by atoms with Crippen LogP contribution in [0.3, 0.4) is 0 Å². The molecule has 3 saturated heterocycles. The van der Waals surface area contributed by atoms with Crippen molar-refractivity contribution >= 4 is 84.0 Å². The Morgan fingerprint density at radius 2 is 1.31 bits per heavy atom. The number of nitrogens with one attached hydrogen (secondary N) is 1. The predicted octanol–water partition coefficient (Wildman–Crippen LogP) is 15.1. The number of nitrogens with zero attached hydrogens (tertiary/aromatic N) is 7. The molecule has 5 aromatic carbocycles. The van der Waals surface area contributed by atoms with Gasteiger partial charge < -0.3 is 43.6 Å². The van der Waals surface area contributed by atoms with Crippen LogP contribution in [0, 0.1) is 11.7 Å². The summed E-state index contributed by atoms with van der Waals surface area (Å²) in [6.45, 7) is 7.40. The Kier molecular flexibility index (Phi) is 29.5. The van der Waals surface area contributed by atoms with Crippen LogP contribution < -0.4 is 5.32 Å². The van der Waals surface area contributed by atoms with Gasteiger partial charge in [0.2, 0.25) is 11.8 Å². The van der Waals surface area contributed by atoms with Gasteiger partial charge in [-0.15, -0.1) is 48.6 Å². The third kappa shape index (κ3) is 21.5. The minimum Gasteiger partial charge on any atom is -0.446 e. The highest BCUT2D eigenvalue weighted by atomic mass is 35.5. The van der Waals surface area contributed by atoms with Crippen molar-refractivity contribution in [3.05, 3.63) is 182 Å². The lowest BCUT2D eigenvalue weighted by Gasteiger charge is -2.44. The highest BCUT2D eigenvalue weighted by Gasteiger charge is 2.50. The van der Waals surface area contributed by atoms with Crippen LogP contribution in [0.25, 0.3) is 11.1 Å². The number of likely N-dealkylation sites (N-methyl/N-ethyl adjacent to an activating group) is 2. The zero-order valence-electron chi connectivity index (χ0n) is 58.9. The van der Waals surface area contributed by atoms with Crippen molar-refractivity contribution in [2.75, 3.05) is 118 Å². The number of unbranched alkanes of at least 4 members (excludes halogenated alkanes) is 2. The molecule has 2 atom stereocenters. The zero-order chi connectivity index (χ0) is 71.5. The number of ether oxygens (including phenoxy) is 3. The van der Waals surface area contributed by atoms with Gasteiger partial charge in [-0.05, 0) is 167 Å². The SMILES string of the molecule is CN(CCN1CCC(OC(=O)Nc2ccccc2-c2ccccc2)CC1)C(=O)CCCCCN(Cc1ccc(C(=O)N(C)CCCN(C)C(=O)CO[C@H]2Cc3ccccc3C23CCN(CC[C@@]2(c4ccc(F)cc4)CN(C(=O)c4cc(C(F)(F)F)cc(C(F)(F)F)c4)CO2)CC3)s1)CC1CC1.Cl.Cl.Cl. The largest absolute Gasteiger partial charge is 0.446 e. The monoisotopic (exact) mass is 1530 g/mol. The van der Waals surface area contributed by atoms with E-state index in [1.807, 2.05) is 84.7 Å². The summed E-state index contributed by atoms with van der Waals surface area (Å²) in [5.74, 6) is -1.01. The van der Waals surface area contributed by atoms with E-state index in [0.29, 0.717) is 106 Å². The molecule has 104 heavy (non-hydrogen) atoms. The number of carbonyl (C=O) groups is 5. The Morgan fingerprint density at radius 1 is 0.663 bits per heavy atom. The first-order chi connectivity index (χ1) is 48.4. The molecular weight excluding hydrogens is 1440 g/mol. The summed E-state index contributed by atoms with van der Waals surface area (Å²) >= 11 is 1.52. The highest BCUT2D eigenvalue weighted by molar-refractivity contribution is 7.14. The molecule has 5 aliphatic rings. The quantitative estimate of drug-likeness (QED) is 0.0353. The first-order valence-corrected chi connectivity index (χ1v) is 36.0. The van der Waals surface area contributed by atoms with E-state index < -0.39 is 64.6 Å². The molecular formula is C77H94Cl3F7N8O8S. The maximum absolute atomic E-state index is 14.3. The van der Waals surface area contributed by atoms with Gasteiger partial charge >= 0.3 is 18.4 Å². The van der Waals surface area contributed by atoms with E-state index in [4.69, 9.17) is 14.2 Å². The van der Waals surface area contributed by atoms with Gasteiger partial charge in [-0.3, -0.25) is 29.4 Å². The molecule has 4 fully saturated rings. The number of piperidine rings is 2. The number of alkyl halides is 6. The van der Waals surface area contributed by atoms with E-state index in [1.54, 1.807) is 23.9 Å². The number of amides is 5. The molecule has 1 saturated carbocycles. The van der Waals surface area contributed by atoms with Crippen LogP contribution in [0.1, 0.15) is 130 Å². The number of hydrogen-bond donors (Lipinski definition) is 1. The first kappa shape index (κ1) is 82.8. The average Bonchev–Trinajstić information content (AvgIpc) is 1.58. The number of likely N-dealkylation sites (tertiary alicyclic amines) is 2. The maximum Gasteiger partial charge on any atom is 0.416 e. The second-order valence-corrected chi connectivity index (χ2v) is 29.1. The van der Waals surface area contributed by atoms with Gasteiger partial charge in [0.1, 0.15) is 30.9 Å². The molecule has 16 nitrogen and oxygen atoms in total. The Morgan fingerprint density at radius 3 is 2.00 bits per heavy atom. The lowest BCUT2D eigenvalue weighted by atomic mass is 9.72. The molecule has 4 heterocycles. The molecule has 566 valence electrons. The number of rotatable bonds is 29. The van der Waals surface area contributed by atoms with E-state index in [-0.39, 0.29) is 92.8 Å². The summed E-state index contributed by atoms with van der Waals surface area (Å²) in [6.07, 6.45) is -1.26. The van der Waals surface area contributed by atoms with Gasteiger partial charge in [-0.25, -0.2) is 9.18 Å². The molecule has 1 N–H and O–H groups in total. The number of fused-ring (bicyclic) bond motifs is 2. The number of halogens is 10. The summed E-state index contributed by atoms with van der Waals surface area (Å²) < 4.78 is 116. The first-order valence-electron chi connectivity index (χ1n) is 35.2. The number of hydrogen-bond acceptors (Lipinski definition) is 12. The summed E-state index contributed by atoms with van der Waals surface area (Å²) in [5, 5.41) is 2.94. The number of para-hydroxylation sites is 1. The minimum atomic E-state index is -5.15. The second kappa shape index (κ2) is 37.1. The summed E-state index contributed by atoms with van der Waals surface area (Å²) in [5.41, 5.74) is -0.198. The molecule has 27 heteroatoms. The standard InChI is InChI=1S/C77H91F7N8O8S.3ClH/c1-86(70(94)51-98-68-47-56-17-9-11-19-65(56)74(68)32-40-90(41-33-74)42-34-75(58-24-26-61(78)27-25-58)52-92(53-99-75)71(95)57-45-59(76(79,80)81)48-60(46-57)77(82,83)84)35-14-36-88(3)72(96)67-29-28-63(101-67)50-91(49-54-22-23-54)37-13-5-8-21-69(93)87(2)43-44-89-38-30-62(31-39-89)100-73(97)85-66-20-12-10-18-64(66)55-15-6-4-7-16-55;;;/h4,6-7,9-12,15-20,24-29,45-46,48,54,62,68H,5,8,13-14,21-23,30-44,47,49-53H2,1-3H3,(H,85,97);3*1H/t68-,75-;;;/m0.../s1. The molecule has 11 rings (SSSR count). The van der Waals surface area contributed by atoms with Crippen molar-refractivity contribution in [2.45, 2.75) is 126 Å². The number of anilines is 1. The Labute approximate surface area is 627 Å². The van der Waals surface area contributed by atoms with Gasteiger partial charge in [0.05, 0.1) is 34.3 Å². The minimum absolute atomic E-state index is 0. The maximum atomic E-state index is 14.3. The molecule has 0 unspecified atom stereocenters. The predicted molar refractivity (Wildman–Crippen MR) is 394 cm³/mol. The smallest absolute Gasteiger partial charge is 0.416 e. The summed E-state index contributed by atoms with van der Waals surface area (Å²) in [6, 6.07) is 36.0. The van der Waals surface area contributed by atoms with E-state index in [0.717, 1.165) is 97.8 Å². The second-order valence-electron chi connectivity index (χ2n) is 27.9. The fourth-order valence-electron chi connectivity index (χ4n) is 14.6. The number of thiophene rings is 1. The van der Waals surface area contributed by atoms with Crippen LogP contribution in [-0.4, -0.2) is 189 Å². The molecule has 1 aromatic heterocycles. The lowest BCUT2D eigenvalue weighted by Crippen LogP contribution is -2.50. The normalized spacial score (nSPS) is 18.3. The van der Waals surface area contributed by atoms with Gasteiger partial charge in [-0.2, -0.15) is 26.3 Å².